The average molecular weight is 235 g/mol. The van der Waals surface area contributed by atoms with E-state index < -0.39 is 0 Å². The van der Waals surface area contributed by atoms with E-state index in [0.29, 0.717) is 11.8 Å². The summed E-state index contributed by atoms with van der Waals surface area (Å²) in [6, 6.07) is 5.14. The molecule has 2 heteroatoms. The highest BCUT2D eigenvalue weighted by Crippen LogP contribution is 2.48. The van der Waals surface area contributed by atoms with Gasteiger partial charge < -0.3 is 5.32 Å². The maximum absolute atomic E-state index is 13.2. The Balaban J connectivity index is 1.96. The van der Waals surface area contributed by atoms with Crippen LogP contribution in [0.25, 0.3) is 0 Å². The largest absolute Gasteiger partial charge is 0.312 e. The van der Waals surface area contributed by atoms with Gasteiger partial charge in [0, 0.05) is 5.54 Å². The second-order valence-corrected chi connectivity index (χ2v) is 6.23. The van der Waals surface area contributed by atoms with Gasteiger partial charge in [0.1, 0.15) is 5.82 Å². The van der Waals surface area contributed by atoms with E-state index in [1.807, 2.05) is 6.07 Å². The molecule has 1 nitrogen and oxygen atoms in total. The highest BCUT2D eigenvalue weighted by Gasteiger charge is 2.39. The van der Waals surface area contributed by atoms with Crippen LogP contribution in [0.5, 0.6) is 0 Å². The van der Waals surface area contributed by atoms with Crippen LogP contribution in [0.2, 0.25) is 0 Å². The standard InChI is InChI=1S/C15H22FN/c1-10-5-6-12(16)8-13(10)14-7-11(14)9-17-15(2,3)4/h5-6,8,11,14,17H,7,9H2,1-4H3. The Morgan fingerprint density at radius 1 is 1.35 bits per heavy atom. The van der Waals surface area contributed by atoms with E-state index in [1.54, 1.807) is 12.1 Å². The van der Waals surface area contributed by atoms with Gasteiger partial charge in [-0.25, -0.2) is 4.39 Å². The number of rotatable bonds is 3. The first-order valence-electron chi connectivity index (χ1n) is 6.38. The van der Waals surface area contributed by atoms with Gasteiger partial charge in [-0.2, -0.15) is 0 Å². The third-order valence-corrected chi connectivity index (χ3v) is 3.46. The van der Waals surface area contributed by atoms with Crippen molar-refractivity contribution in [2.45, 2.75) is 45.6 Å². The molecule has 0 saturated heterocycles. The first kappa shape index (κ1) is 12.6. The van der Waals surface area contributed by atoms with Crippen LogP contribution in [-0.2, 0) is 0 Å². The molecule has 2 rings (SSSR count). The van der Waals surface area contributed by atoms with Crippen LogP contribution in [0.3, 0.4) is 0 Å². The number of benzene rings is 1. The highest BCUT2D eigenvalue weighted by atomic mass is 19.1. The Hall–Kier alpha value is -0.890. The quantitative estimate of drug-likeness (QED) is 0.843. The average Bonchev–Trinajstić information content (AvgIpc) is 2.97. The summed E-state index contributed by atoms with van der Waals surface area (Å²) in [6.45, 7) is 9.64. The lowest BCUT2D eigenvalue weighted by atomic mass is 10.0. The minimum absolute atomic E-state index is 0.111. The van der Waals surface area contributed by atoms with E-state index in [4.69, 9.17) is 0 Å². The summed E-state index contributed by atoms with van der Waals surface area (Å²) in [5.74, 6) is 1.12. The van der Waals surface area contributed by atoms with Gasteiger partial charge in [0.15, 0.2) is 0 Å². The minimum atomic E-state index is -0.111. The Labute approximate surface area is 103 Å². The maximum Gasteiger partial charge on any atom is 0.123 e. The summed E-state index contributed by atoms with van der Waals surface area (Å²) in [6.07, 6.45) is 1.19. The monoisotopic (exact) mass is 235 g/mol. The van der Waals surface area contributed by atoms with Gasteiger partial charge in [0.25, 0.3) is 0 Å². The molecule has 2 atom stereocenters. The van der Waals surface area contributed by atoms with Gasteiger partial charge in [-0.3, -0.25) is 0 Å². The molecule has 0 heterocycles. The van der Waals surface area contributed by atoms with Crippen molar-refractivity contribution in [3.05, 3.63) is 35.1 Å². The second-order valence-electron chi connectivity index (χ2n) is 6.23. The number of nitrogens with one attached hydrogen (secondary N) is 1. The van der Waals surface area contributed by atoms with Crippen LogP contribution in [-0.4, -0.2) is 12.1 Å². The first-order valence-corrected chi connectivity index (χ1v) is 6.38. The maximum atomic E-state index is 13.2. The van der Waals surface area contributed by atoms with Crippen LogP contribution < -0.4 is 5.32 Å². The van der Waals surface area contributed by atoms with Crippen LogP contribution >= 0.6 is 0 Å². The molecule has 1 saturated carbocycles. The zero-order valence-electron chi connectivity index (χ0n) is 11.2. The fourth-order valence-electron chi connectivity index (χ4n) is 2.30. The Kier molecular flexibility index (Phi) is 3.26. The van der Waals surface area contributed by atoms with E-state index in [2.05, 4.69) is 33.0 Å². The molecular formula is C15H22FN. The number of hydrogen-bond acceptors (Lipinski definition) is 1. The van der Waals surface area contributed by atoms with Gasteiger partial charge in [-0.1, -0.05) is 6.07 Å². The van der Waals surface area contributed by atoms with Crippen molar-refractivity contribution in [2.75, 3.05) is 6.54 Å². The van der Waals surface area contributed by atoms with Crippen molar-refractivity contribution in [2.24, 2.45) is 5.92 Å². The summed E-state index contributed by atoms with van der Waals surface area (Å²) >= 11 is 0. The van der Waals surface area contributed by atoms with Crippen molar-refractivity contribution in [1.29, 1.82) is 0 Å². The molecule has 1 aliphatic carbocycles. The Morgan fingerprint density at radius 3 is 2.71 bits per heavy atom. The van der Waals surface area contributed by atoms with E-state index in [-0.39, 0.29) is 11.4 Å². The van der Waals surface area contributed by atoms with Gasteiger partial charge in [-0.15, -0.1) is 0 Å². The van der Waals surface area contributed by atoms with Crippen LogP contribution in [0.4, 0.5) is 4.39 Å². The first-order chi connectivity index (χ1) is 7.87. The molecule has 0 aromatic heterocycles. The number of hydrogen-bond donors (Lipinski definition) is 1. The molecule has 0 amide bonds. The normalized spacial score (nSPS) is 23.8. The van der Waals surface area contributed by atoms with E-state index in [0.717, 1.165) is 6.54 Å². The fourth-order valence-corrected chi connectivity index (χ4v) is 2.30. The third-order valence-electron chi connectivity index (χ3n) is 3.46. The Bertz CT molecular complexity index is 406. The molecule has 1 aliphatic rings. The topological polar surface area (TPSA) is 12.0 Å². The summed E-state index contributed by atoms with van der Waals surface area (Å²) in [7, 11) is 0. The number of halogens is 1. The molecule has 0 radical (unpaired) electrons. The predicted octanol–water partition coefficient (Wildman–Crippen LogP) is 3.63. The molecule has 0 aliphatic heterocycles. The summed E-state index contributed by atoms with van der Waals surface area (Å²) < 4.78 is 13.2. The zero-order chi connectivity index (χ0) is 12.6. The molecule has 1 N–H and O–H groups in total. The summed E-state index contributed by atoms with van der Waals surface area (Å²) in [4.78, 5) is 0. The summed E-state index contributed by atoms with van der Waals surface area (Å²) in [5.41, 5.74) is 2.59. The lowest BCUT2D eigenvalue weighted by molar-refractivity contribution is 0.414. The zero-order valence-corrected chi connectivity index (χ0v) is 11.2. The molecule has 0 spiro atoms. The Morgan fingerprint density at radius 2 is 2.06 bits per heavy atom. The van der Waals surface area contributed by atoms with Crippen LogP contribution in [0.15, 0.2) is 18.2 Å². The van der Waals surface area contributed by atoms with E-state index in [1.165, 1.54) is 17.5 Å². The number of aryl methyl sites for hydroxylation is 1. The lowest BCUT2D eigenvalue weighted by Crippen LogP contribution is -2.37. The van der Waals surface area contributed by atoms with Crippen molar-refractivity contribution < 1.29 is 4.39 Å². The second kappa shape index (κ2) is 4.41. The predicted molar refractivity (Wildman–Crippen MR) is 69.7 cm³/mol. The SMILES string of the molecule is Cc1ccc(F)cc1C1CC1CNC(C)(C)C. The van der Waals surface area contributed by atoms with Gasteiger partial charge in [0.05, 0.1) is 0 Å². The molecule has 94 valence electrons. The molecule has 1 fully saturated rings. The van der Waals surface area contributed by atoms with Crippen molar-refractivity contribution in [1.82, 2.24) is 5.32 Å². The smallest absolute Gasteiger partial charge is 0.123 e. The third kappa shape index (κ3) is 3.29. The molecular weight excluding hydrogens is 213 g/mol. The molecule has 1 aromatic rings. The van der Waals surface area contributed by atoms with Crippen molar-refractivity contribution >= 4 is 0 Å². The van der Waals surface area contributed by atoms with E-state index in [9.17, 15) is 4.39 Å². The van der Waals surface area contributed by atoms with Crippen molar-refractivity contribution in [3.8, 4) is 0 Å². The molecule has 0 bridgehead atoms. The van der Waals surface area contributed by atoms with Gasteiger partial charge >= 0.3 is 0 Å². The van der Waals surface area contributed by atoms with Crippen molar-refractivity contribution in [3.63, 3.8) is 0 Å². The minimum Gasteiger partial charge on any atom is -0.312 e. The fraction of sp³-hybridized carbons (Fsp3) is 0.600. The van der Waals surface area contributed by atoms with E-state index >= 15 is 0 Å². The van der Waals surface area contributed by atoms with Gasteiger partial charge in [0.2, 0.25) is 0 Å². The van der Waals surface area contributed by atoms with Crippen LogP contribution in [0.1, 0.15) is 44.2 Å². The highest BCUT2D eigenvalue weighted by molar-refractivity contribution is 5.34. The summed E-state index contributed by atoms with van der Waals surface area (Å²) in [5, 5.41) is 3.52. The molecule has 17 heavy (non-hydrogen) atoms. The lowest BCUT2D eigenvalue weighted by Gasteiger charge is -2.20. The molecule has 1 aromatic carbocycles. The van der Waals surface area contributed by atoms with Gasteiger partial charge in [-0.05, 0) is 75.8 Å². The van der Waals surface area contributed by atoms with Crippen LogP contribution in [0, 0.1) is 18.7 Å². The molecule has 2 unspecified atom stereocenters.